The summed E-state index contributed by atoms with van der Waals surface area (Å²) >= 11 is 0. The van der Waals surface area contributed by atoms with Crippen LogP contribution in [0.2, 0.25) is 0 Å². The van der Waals surface area contributed by atoms with E-state index in [0.29, 0.717) is 22.8 Å². The fraction of sp³-hybridized carbons (Fsp3) is 0.269. The molecule has 34 heavy (non-hydrogen) atoms. The highest BCUT2D eigenvalue weighted by molar-refractivity contribution is 5.96. The number of amides is 2. The molecule has 1 unspecified atom stereocenters. The van der Waals surface area contributed by atoms with Crippen molar-refractivity contribution in [1.29, 1.82) is 0 Å². The van der Waals surface area contributed by atoms with Gasteiger partial charge in [0, 0.05) is 18.0 Å². The number of furan rings is 2. The average Bonchev–Trinajstić information content (AvgIpc) is 3.53. The summed E-state index contributed by atoms with van der Waals surface area (Å²) in [6.45, 7) is 4.05. The van der Waals surface area contributed by atoms with Crippen molar-refractivity contribution in [2.45, 2.75) is 39.3 Å². The van der Waals surface area contributed by atoms with Crippen LogP contribution in [-0.4, -0.2) is 29.3 Å². The van der Waals surface area contributed by atoms with E-state index in [-0.39, 0.29) is 43.7 Å². The molecule has 0 bridgehead atoms. The van der Waals surface area contributed by atoms with Crippen LogP contribution in [0.4, 0.5) is 0 Å². The molecular formula is C26H26N2O6. The third-order valence-corrected chi connectivity index (χ3v) is 5.72. The summed E-state index contributed by atoms with van der Waals surface area (Å²) < 4.78 is 16.2. The van der Waals surface area contributed by atoms with Crippen LogP contribution in [0.15, 0.2) is 81.0 Å². The van der Waals surface area contributed by atoms with Crippen molar-refractivity contribution in [1.82, 2.24) is 10.2 Å². The second kappa shape index (κ2) is 10.2. The third-order valence-electron chi connectivity index (χ3n) is 5.72. The summed E-state index contributed by atoms with van der Waals surface area (Å²) in [6, 6.07) is 16.2. The monoisotopic (exact) mass is 462 g/mol. The second-order valence-corrected chi connectivity index (χ2v) is 7.89. The van der Waals surface area contributed by atoms with Crippen LogP contribution in [0.1, 0.15) is 53.8 Å². The summed E-state index contributed by atoms with van der Waals surface area (Å²) in [5, 5.41) is 2.72. The summed E-state index contributed by atoms with van der Waals surface area (Å²) in [4.78, 5) is 39.9. The van der Waals surface area contributed by atoms with Gasteiger partial charge in [-0.05, 0) is 43.7 Å². The van der Waals surface area contributed by atoms with Crippen molar-refractivity contribution >= 4 is 17.8 Å². The van der Waals surface area contributed by atoms with Gasteiger partial charge in [0.2, 0.25) is 5.91 Å². The third kappa shape index (κ3) is 4.96. The largest absolute Gasteiger partial charge is 0.467 e. The van der Waals surface area contributed by atoms with Crippen LogP contribution in [-0.2, 0) is 27.4 Å². The molecule has 1 aliphatic rings. The smallest absolute Gasteiger partial charge is 0.336 e. The number of esters is 1. The number of ether oxygens (including phenoxy) is 1. The normalized spacial score (nSPS) is 16.0. The number of rotatable bonds is 8. The van der Waals surface area contributed by atoms with Gasteiger partial charge in [-0.1, -0.05) is 30.3 Å². The standard InChI is InChI=1S/C26H26N2O6/c1-3-32-26(31)24-17(2)28(23(29)14-21(24)18-8-5-4-6-9-18)16-20-11-12-22(34-20)25(30)27-15-19-10-7-13-33-19/h4-13,21H,3,14-16H2,1-2H3,(H,27,30). The van der Waals surface area contributed by atoms with Crippen LogP contribution in [0, 0.1) is 0 Å². The van der Waals surface area contributed by atoms with E-state index in [1.807, 2.05) is 30.3 Å². The predicted molar refractivity (Wildman–Crippen MR) is 122 cm³/mol. The van der Waals surface area contributed by atoms with E-state index in [2.05, 4.69) is 5.32 Å². The van der Waals surface area contributed by atoms with Crippen molar-refractivity contribution in [2.24, 2.45) is 0 Å². The topological polar surface area (TPSA) is 102 Å². The van der Waals surface area contributed by atoms with Crippen LogP contribution in [0.5, 0.6) is 0 Å². The number of carbonyl (C=O) groups excluding carboxylic acids is 3. The number of carbonyl (C=O) groups is 3. The summed E-state index contributed by atoms with van der Waals surface area (Å²) in [5.41, 5.74) is 1.85. The zero-order chi connectivity index (χ0) is 24.1. The molecule has 1 atom stereocenters. The fourth-order valence-corrected chi connectivity index (χ4v) is 4.06. The highest BCUT2D eigenvalue weighted by Gasteiger charge is 2.37. The Kier molecular flexibility index (Phi) is 6.96. The van der Waals surface area contributed by atoms with Crippen LogP contribution in [0.25, 0.3) is 0 Å². The molecule has 3 heterocycles. The van der Waals surface area contributed by atoms with Gasteiger partial charge in [-0.15, -0.1) is 0 Å². The first-order chi connectivity index (χ1) is 16.5. The molecule has 0 radical (unpaired) electrons. The van der Waals surface area contributed by atoms with Gasteiger partial charge in [0.25, 0.3) is 5.91 Å². The van der Waals surface area contributed by atoms with E-state index >= 15 is 0 Å². The molecule has 2 amide bonds. The van der Waals surface area contributed by atoms with Crippen LogP contribution < -0.4 is 5.32 Å². The van der Waals surface area contributed by atoms with Gasteiger partial charge in [0.1, 0.15) is 11.5 Å². The van der Waals surface area contributed by atoms with E-state index < -0.39 is 11.9 Å². The summed E-state index contributed by atoms with van der Waals surface area (Å²) in [6.07, 6.45) is 1.66. The van der Waals surface area contributed by atoms with Gasteiger partial charge in [-0.2, -0.15) is 0 Å². The Morgan fingerprint density at radius 2 is 1.88 bits per heavy atom. The molecule has 176 valence electrons. The second-order valence-electron chi connectivity index (χ2n) is 7.89. The Bertz CT molecular complexity index is 1190. The Labute approximate surface area is 197 Å². The predicted octanol–water partition coefficient (Wildman–Crippen LogP) is 4.16. The van der Waals surface area contributed by atoms with Crippen LogP contribution >= 0.6 is 0 Å². The molecule has 8 nitrogen and oxygen atoms in total. The maximum Gasteiger partial charge on any atom is 0.336 e. The van der Waals surface area contributed by atoms with E-state index in [1.54, 1.807) is 38.1 Å². The Morgan fingerprint density at radius 3 is 2.59 bits per heavy atom. The highest BCUT2D eigenvalue weighted by Crippen LogP contribution is 2.37. The number of hydrogen-bond acceptors (Lipinski definition) is 6. The minimum absolute atomic E-state index is 0.0978. The summed E-state index contributed by atoms with van der Waals surface area (Å²) in [5.74, 6) is -0.180. The van der Waals surface area contributed by atoms with Crippen molar-refractivity contribution in [3.05, 3.63) is 95.0 Å². The molecule has 4 rings (SSSR count). The number of allylic oxidation sites excluding steroid dienone is 1. The molecule has 0 aliphatic carbocycles. The molecular weight excluding hydrogens is 436 g/mol. The molecule has 1 N–H and O–H groups in total. The number of benzene rings is 1. The van der Waals surface area contributed by atoms with Gasteiger partial charge >= 0.3 is 5.97 Å². The zero-order valence-corrected chi connectivity index (χ0v) is 19.1. The van der Waals surface area contributed by atoms with Gasteiger partial charge in [0.15, 0.2) is 5.76 Å². The van der Waals surface area contributed by atoms with E-state index in [4.69, 9.17) is 13.6 Å². The van der Waals surface area contributed by atoms with Crippen molar-refractivity contribution in [3.8, 4) is 0 Å². The molecule has 2 aromatic heterocycles. The van der Waals surface area contributed by atoms with Gasteiger partial charge < -0.3 is 23.8 Å². The lowest BCUT2D eigenvalue weighted by Gasteiger charge is -2.34. The van der Waals surface area contributed by atoms with Crippen molar-refractivity contribution < 1.29 is 28.0 Å². The first kappa shape index (κ1) is 23.1. The average molecular weight is 463 g/mol. The zero-order valence-electron chi connectivity index (χ0n) is 19.1. The van der Waals surface area contributed by atoms with Gasteiger partial charge in [-0.25, -0.2) is 4.79 Å². The molecule has 1 aromatic carbocycles. The van der Waals surface area contributed by atoms with E-state index in [1.165, 1.54) is 11.2 Å². The Hall–Kier alpha value is -4.07. The number of hydrogen-bond donors (Lipinski definition) is 1. The quantitative estimate of drug-likeness (QED) is 0.505. The first-order valence-corrected chi connectivity index (χ1v) is 11.1. The molecule has 8 heteroatoms. The maximum absolute atomic E-state index is 13.1. The molecule has 0 saturated carbocycles. The highest BCUT2D eigenvalue weighted by atomic mass is 16.5. The first-order valence-electron chi connectivity index (χ1n) is 11.1. The fourth-order valence-electron chi connectivity index (χ4n) is 4.06. The number of nitrogens with zero attached hydrogens (tertiary/aromatic N) is 1. The minimum atomic E-state index is -0.441. The Balaban J connectivity index is 1.54. The molecule has 0 saturated heterocycles. The molecule has 0 spiro atoms. The lowest BCUT2D eigenvalue weighted by atomic mass is 9.83. The SMILES string of the molecule is CCOC(=O)C1=C(C)N(Cc2ccc(C(=O)NCc3ccco3)o2)C(=O)CC1c1ccccc1. The van der Waals surface area contributed by atoms with E-state index in [9.17, 15) is 14.4 Å². The summed E-state index contributed by atoms with van der Waals surface area (Å²) in [7, 11) is 0. The molecule has 1 aliphatic heterocycles. The van der Waals surface area contributed by atoms with Crippen molar-refractivity contribution in [3.63, 3.8) is 0 Å². The van der Waals surface area contributed by atoms with E-state index in [0.717, 1.165) is 5.56 Å². The lowest BCUT2D eigenvalue weighted by Crippen LogP contribution is -2.38. The lowest BCUT2D eigenvalue weighted by molar-refractivity contribution is -0.140. The molecule has 3 aromatic rings. The maximum atomic E-state index is 13.1. The Morgan fingerprint density at radius 1 is 1.09 bits per heavy atom. The van der Waals surface area contributed by atoms with Crippen LogP contribution in [0.3, 0.4) is 0 Å². The minimum Gasteiger partial charge on any atom is -0.467 e. The van der Waals surface area contributed by atoms with Gasteiger partial charge in [0.05, 0.1) is 31.5 Å². The van der Waals surface area contributed by atoms with Gasteiger partial charge in [-0.3, -0.25) is 9.59 Å². The van der Waals surface area contributed by atoms with Crippen molar-refractivity contribution in [2.75, 3.05) is 6.61 Å². The molecule has 0 fully saturated rings. The number of nitrogens with one attached hydrogen (secondary N) is 1.